The van der Waals surface area contributed by atoms with Crippen molar-refractivity contribution in [3.05, 3.63) is 46.9 Å². The maximum absolute atomic E-state index is 12.2. The molecule has 122 valence electrons. The number of nitrogens with one attached hydrogen (secondary N) is 2. The molecule has 23 heavy (non-hydrogen) atoms. The van der Waals surface area contributed by atoms with E-state index in [-0.39, 0.29) is 18.4 Å². The van der Waals surface area contributed by atoms with Gasteiger partial charge in [0.1, 0.15) is 11.6 Å². The predicted molar refractivity (Wildman–Crippen MR) is 93.9 cm³/mol. The molecular formula is C18H24N4O. The van der Waals surface area contributed by atoms with Gasteiger partial charge in [0.05, 0.1) is 6.54 Å². The molecule has 0 bridgehead atoms. The first-order valence-electron chi connectivity index (χ1n) is 7.81. The standard InChI is InChI=1S/C18H24N4O/c1-11(2)18-19-7-6-15(21-18)20-10-16(23)22-17-13(4)8-12(3)9-14(17)5/h6-9,11H,10H2,1-5H3,(H,22,23)(H,19,20,21). The number of rotatable bonds is 5. The molecule has 0 spiro atoms. The zero-order chi connectivity index (χ0) is 17.0. The van der Waals surface area contributed by atoms with Crippen LogP contribution in [0.25, 0.3) is 0 Å². The molecule has 0 radical (unpaired) electrons. The summed E-state index contributed by atoms with van der Waals surface area (Å²) >= 11 is 0. The van der Waals surface area contributed by atoms with E-state index in [0.29, 0.717) is 5.82 Å². The van der Waals surface area contributed by atoms with Gasteiger partial charge in [-0.3, -0.25) is 4.79 Å². The Morgan fingerprint density at radius 3 is 2.43 bits per heavy atom. The van der Waals surface area contributed by atoms with Crippen LogP contribution in [0.15, 0.2) is 24.4 Å². The van der Waals surface area contributed by atoms with Crippen LogP contribution in [-0.4, -0.2) is 22.4 Å². The first kappa shape index (κ1) is 16.9. The number of carbonyl (C=O) groups excluding carboxylic acids is 1. The van der Waals surface area contributed by atoms with Gasteiger partial charge in [0.2, 0.25) is 5.91 Å². The van der Waals surface area contributed by atoms with Gasteiger partial charge in [-0.1, -0.05) is 31.5 Å². The Hall–Kier alpha value is -2.43. The normalized spacial score (nSPS) is 10.7. The second-order valence-electron chi connectivity index (χ2n) is 6.13. The minimum Gasteiger partial charge on any atom is -0.361 e. The largest absolute Gasteiger partial charge is 0.361 e. The van der Waals surface area contributed by atoms with Crippen LogP contribution in [0.4, 0.5) is 11.5 Å². The number of anilines is 2. The highest BCUT2D eigenvalue weighted by Crippen LogP contribution is 2.21. The molecule has 2 rings (SSSR count). The van der Waals surface area contributed by atoms with E-state index in [1.807, 2.05) is 27.7 Å². The first-order valence-corrected chi connectivity index (χ1v) is 7.81. The fraction of sp³-hybridized carbons (Fsp3) is 0.389. The molecule has 5 nitrogen and oxygen atoms in total. The van der Waals surface area contributed by atoms with Gasteiger partial charge in [-0.15, -0.1) is 0 Å². The molecule has 0 saturated carbocycles. The van der Waals surface area contributed by atoms with Crippen LogP contribution in [0.3, 0.4) is 0 Å². The number of benzene rings is 1. The minimum atomic E-state index is -0.0928. The second kappa shape index (κ2) is 7.22. The Balaban J connectivity index is 2.00. The van der Waals surface area contributed by atoms with Crippen LogP contribution in [0.2, 0.25) is 0 Å². The third kappa shape index (κ3) is 4.52. The number of nitrogens with zero attached hydrogens (tertiary/aromatic N) is 2. The maximum atomic E-state index is 12.2. The monoisotopic (exact) mass is 312 g/mol. The van der Waals surface area contributed by atoms with Crippen molar-refractivity contribution in [3.63, 3.8) is 0 Å². The molecule has 0 aliphatic heterocycles. The fourth-order valence-electron chi connectivity index (χ4n) is 2.48. The summed E-state index contributed by atoms with van der Waals surface area (Å²) in [5.74, 6) is 1.59. The lowest BCUT2D eigenvalue weighted by molar-refractivity contribution is -0.114. The van der Waals surface area contributed by atoms with E-state index < -0.39 is 0 Å². The quantitative estimate of drug-likeness (QED) is 0.885. The van der Waals surface area contributed by atoms with Gasteiger partial charge in [0.15, 0.2) is 0 Å². The molecule has 2 N–H and O–H groups in total. The van der Waals surface area contributed by atoms with Crippen LogP contribution in [0, 0.1) is 20.8 Å². The zero-order valence-electron chi connectivity index (χ0n) is 14.4. The molecule has 0 fully saturated rings. The van der Waals surface area contributed by atoms with E-state index in [1.54, 1.807) is 12.3 Å². The van der Waals surface area contributed by atoms with Crippen molar-refractivity contribution in [2.75, 3.05) is 17.2 Å². The smallest absolute Gasteiger partial charge is 0.243 e. The Kier molecular flexibility index (Phi) is 5.32. The average molecular weight is 312 g/mol. The molecule has 0 unspecified atom stereocenters. The Labute approximate surface area is 137 Å². The van der Waals surface area contributed by atoms with E-state index in [4.69, 9.17) is 0 Å². The number of hydrogen-bond acceptors (Lipinski definition) is 4. The Morgan fingerprint density at radius 1 is 1.17 bits per heavy atom. The van der Waals surface area contributed by atoms with Crippen LogP contribution in [0.5, 0.6) is 0 Å². The molecule has 1 amide bonds. The molecule has 1 aromatic heterocycles. The van der Waals surface area contributed by atoms with E-state index in [9.17, 15) is 4.79 Å². The summed E-state index contributed by atoms with van der Waals surface area (Å²) in [6, 6.07) is 5.90. The lowest BCUT2D eigenvalue weighted by Crippen LogP contribution is -2.23. The number of hydrogen-bond donors (Lipinski definition) is 2. The average Bonchev–Trinajstić information content (AvgIpc) is 2.49. The lowest BCUT2D eigenvalue weighted by atomic mass is 10.1. The van der Waals surface area contributed by atoms with Crippen LogP contribution in [0.1, 0.15) is 42.3 Å². The molecule has 0 aliphatic carbocycles. The first-order chi connectivity index (χ1) is 10.9. The zero-order valence-corrected chi connectivity index (χ0v) is 14.4. The second-order valence-corrected chi connectivity index (χ2v) is 6.13. The Morgan fingerprint density at radius 2 is 1.83 bits per heavy atom. The molecule has 1 heterocycles. The fourth-order valence-corrected chi connectivity index (χ4v) is 2.48. The maximum Gasteiger partial charge on any atom is 0.243 e. The number of aryl methyl sites for hydroxylation is 3. The highest BCUT2D eigenvalue weighted by Gasteiger charge is 2.09. The molecule has 2 aromatic rings. The third-order valence-corrected chi connectivity index (χ3v) is 3.56. The summed E-state index contributed by atoms with van der Waals surface area (Å²) in [7, 11) is 0. The molecule has 1 aromatic carbocycles. The van der Waals surface area contributed by atoms with Crippen molar-refractivity contribution in [1.29, 1.82) is 0 Å². The summed E-state index contributed by atoms with van der Waals surface area (Å²) in [5.41, 5.74) is 4.21. The van der Waals surface area contributed by atoms with Crippen LogP contribution in [-0.2, 0) is 4.79 Å². The van der Waals surface area contributed by atoms with Gasteiger partial charge in [0.25, 0.3) is 0 Å². The van der Waals surface area contributed by atoms with Gasteiger partial charge >= 0.3 is 0 Å². The minimum absolute atomic E-state index is 0.0928. The number of aromatic nitrogens is 2. The molecular weight excluding hydrogens is 288 g/mol. The highest BCUT2D eigenvalue weighted by molar-refractivity contribution is 5.95. The van der Waals surface area contributed by atoms with E-state index in [2.05, 4.69) is 39.7 Å². The van der Waals surface area contributed by atoms with Crippen molar-refractivity contribution in [1.82, 2.24) is 9.97 Å². The van der Waals surface area contributed by atoms with E-state index in [1.165, 1.54) is 5.56 Å². The summed E-state index contributed by atoms with van der Waals surface area (Å²) in [5, 5.41) is 6.02. The van der Waals surface area contributed by atoms with E-state index >= 15 is 0 Å². The third-order valence-electron chi connectivity index (χ3n) is 3.56. The van der Waals surface area contributed by atoms with Crippen molar-refractivity contribution < 1.29 is 4.79 Å². The number of amides is 1. The van der Waals surface area contributed by atoms with Crippen LogP contribution < -0.4 is 10.6 Å². The Bertz CT molecular complexity index is 687. The van der Waals surface area contributed by atoms with Gasteiger partial charge in [-0.05, 0) is 38.0 Å². The summed E-state index contributed by atoms with van der Waals surface area (Å²) < 4.78 is 0. The molecule has 0 atom stereocenters. The molecule has 0 aliphatic rings. The van der Waals surface area contributed by atoms with E-state index in [0.717, 1.165) is 22.6 Å². The summed E-state index contributed by atoms with van der Waals surface area (Å²) in [6.45, 7) is 10.3. The van der Waals surface area contributed by atoms with Gasteiger partial charge in [0, 0.05) is 17.8 Å². The summed E-state index contributed by atoms with van der Waals surface area (Å²) in [6.07, 6.45) is 1.71. The lowest BCUT2D eigenvalue weighted by Gasteiger charge is -2.13. The summed E-state index contributed by atoms with van der Waals surface area (Å²) in [4.78, 5) is 20.8. The van der Waals surface area contributed by atoms with Gasteiger partial charge in [-0.25, -0.2) is 9.97 Å². The SMILES string of the molecule is Cc1cc(C)c(NC(=O)CNc2ccnc(C(C)C)n2)c(C)c1. The van der Waals surface area contributed by atoms with Crippen molar-refractivity contribution in [3.8, 4) is 0 Å². The van der Waals surface area contributed by atoms with Gasteiger partial charge < -0.3 is 10.6 Å². The van der Waals surface area contributed by atoms with Crippen molar-refractivity contribution >= 4 is 17.4 Å². The van der Waals surface area contributed by atoms with Crippen molar-refractivity contribution in [2.24, 2.45) is 0 Å². The number of carbonyl (C=O) groups is 1. The molecule has 5 heteroatoms. The van der Waals surface area contributed by atoms with Crippen LogP contribution >= 0.6 is 0 Å². The van der Waals surface area contributed by atoms with Gasteiger partial charge in [-0.2, -0.15) is 0 Å². The topological polar surface area (TPSA) is 66.9 Å². The molecule has 0 saturated heterocycles. The van der Waals surface area contributed by atoms with Crippen molar-refractivity contribution in [2.45, 2.75) is 40.5 Å². The predicted octanol–water partition coefficient (Wildman–Crippen LogP) is 3.58. The highest BCUT2D eigenvalue weighted by atomic mass is 16.1.